The minimum atomic E-state index is -4.61. The predicted molar refractivity (Wildman–Crippen MR) is 60.1 cm³/mol. The number of aldehydes is 1. The summed E-state index contributed by atoms with van der Waals surface area (Å²) in [5.74, 6) is 0.306. The molecule has 0 unspecified atom stereocenters. The first-order valence-corrected chi connectivity index (χ1v) is 5.23. The number of benzene rings is 1. The van der Waals surface area contributed by atoms with Crippen LogP contribution in [0, 0.1) is 0 Å². The highest BCUT2D eigenvalue weighted by Crippen LogP contribution is 2.34. The van der Waals surface area contributed by atoms with Gasteiger partial charge in [0.1, 0.15) is 5.75 Å². The number of hydrogen-bond acceptors (Lipinski definition) is 3. The van der Waals surface area contributed by atoms with Crippen LogP contribution in [0.25, 0.3) is 0 Å². The first-order valence-electron chi connectivity index (χ1n) is 5.23. The van der Waals surface area contributed by atoms with Gasteiger partial charge in [0.25, 0.3) is 0 Å². The van der Waals surface area contributed by atoms with Crippen molar-refractivity contribution < 1.29 is 22.7 Å². The van der Waals surface area contributed by atoms with E-state index in [0.717, 1.165) is 12.1 Å². The van der Waals surface area contributed by atoms with Crippen LogP contribution in [-0.4, -0.2) is 16.1 Å². The van der Waals surface area contributed by atoms with Crippen LogP contribution < -0.4 is 4.74 Å². The number of halogens is 3. The van der Waals surface area contributed by atoms with E-state index >= 15 is 0 Å². The minimum Gasteiger partial charge on any atom is -0.454 e. The number of aromatic nitrogens is 2. The fourth-order valence-electron chi connectivity index (χ4n) is 1.53. The molecule has 1 aromatic carbocycles. The van der Waals surface area contributed by atoms with Gasteiger partial charge >= 0.3 is 6.18 Å². The Balaban J connectivity index is 2.35. The SMILES string of the molecule is Cn1cc(Oc2ccc(C=O)c(C(F)(F)F)c2)cn1. The summed E-state index contributed by atoms with van der Waals surface area (Å²) in [7, 11) is 1.66. The number of nitrogens with zero attached hydrogens (tertiary/aromatic N) is 2. The lowest BCUT2D eigenvalue weighted by molar-refractivity contribution is -0.137. The highest BCUT2D eigenvalue weighted by molar-refractivity contribution is 5.78. The van der Waals surface area contributed by atoms with E-state index in [1.54, 1.807) is 7.05 Å². The Morgan fingerprint density at radius 1 is 1.32 bits per heavy atom. The van der Waals surface area contributed by atoms with Crippen LogP contribution in [0.15, 0.2) is 30.6 Å². The number of carbonyl (C=O) groups is 1. The average Bonchev–Trinajstić information content (AvgIpc) is 2.73. The van der Waals surface area contributed by atoms with Crippen molar-refractivity contribution in [3.8, 4) is 11.5 Å². The van der Waals surface area contributed by atoms with Crippen LogP contribution >= 0.6 is 0 Å². The number of aryl methyl sites for hydroxylation is 1. The van der Waals surface area contributed by atoms with Crippen LogP contribution in [0.2, 0.25) is 0 Å². The smallest absolute Gasteiger partial charge is 0.417 e. The Kier molecular flexibility index (Phi) is 3.28. The van der Waals surface area contributed by atoms with Crippen LogP contribution in [0.3, 0.4) is 0 Å². The van der Waals surface area contributed by atoms with Crippen molar-refractivity contribution in [2.45, 2.75) is 6.18 Å². The minimum absolute atomic E-state index is 0.00840. The zero-order chi connectivity index (χ0) is 14.0. The average molecular weight is 270 g/mol. The van der Waals surface area contributed by atoms with Gasteiger partial charge in [0.05, 0.1) is 18.0 Å². The molecule has 1 aromatic heterocycles. The van der Waals surface area contributed by atoms with E-state index < -0.39 is 17.3 Å². The molecule has 0 aliphatic carbocycles. The van der Waals surface area contributed by atoms with Gasteiger partial charge in [-0.15, -0.1) is 0 Å². The fourth-order valence-corrected chi connectivity index (χ4v) is 1.53. The topological polar surface area (TPSA) is 44.1 Å². The van der Waals surface area contributed by atoms with Gasteiger partial charge in [-0.3, -0.25) is 9.48 Å². The number of hydrogen-bond donors (Lipinski definition) is 0. The number of alkyl halides is 3. The lowest BCUT2D eigenvalue weighted by Crippen LogP contribution is -2.08. The Morgan fingerprint density at radius 3 is 2.58 bits per heavy atom. The second-order valence-corrected chi connectivity index (χ2v) is 3.82. The summed E-state index contributed by atoms with van der Waals surface area (Å²) in [6, 6.07) is 3.16. The van der Waals surface area contributed by atoms with Gasteiger partial charge in [-0.25, -0.2) is 0 Å². The van der Waals surface area contributed by atoms with Crippen molar-refractivity contribution >= 4 is 6.29 Å². The van der Waals surface area contributed by atoms with Crippen molar-refractivity contribution in [1.29, 1.82) is 0 Å². The maximum absolute atomic E-state index is 12.7. The van der Waals surface area contributed by atoms with Crippen molar-refractivity contribution in [3.05, 3.63) is 41.7 Å². The molecule has 0 saturated carbocycles. The molecule has 0 fully saturated rings. The molecule has 1 heterocycles. The van der Waals surface area contributed by atoms with Crippen LogP contribution in [-0.2, 0) is 13.2 Å². The summed E-state index contributed by atoms with van der Waals surface area (Å²) in [6.07, 6.45) is -1.55. The highest BCUT2D eigenvalue weighted by Gasteiger charge is 2.33. The summed E-state index contributed by atoms with van der Waals surface area (Å²) in [4.78, 5) is 10.6. The van der Waals surface area contributed by atoms with E-state index in [2.05, 4.69) is 5.10 Å². The molecule has 0 amide bonds. The van der Waals surface area contributed by atoms with Gasteiger partial charge in [0, 0.05) is 12.6 Å². The van der Waals surface area contributed by atoms with E-state index in [-0.39, 0.29) is 12.0 Å². The molecule has 0 aliphatic heterocycles. The summed E-state index contributed by atoms with van der Waals surface area (Å²) in [5.41, 5.74) is -1.45. The van der Waals surface area contributed by atoms with Gasteiger partial charge in [0.15, 0.2) is 12.0 Å². The third-order valence-electron chi connectivity index (χ3n) is 2.37. The summed E-state index contributed by atoms with van der Waals surface area (Å²) >= 11 is 0. The quantitative estimate of drug-likeness (QED) is 0.805. The number of ether oxygens (including phenoxy) is 1. The van der Waals surface area contributed by atoms with E-state index in [4.69, 9.17) is 4.74 Å². The van der Waals surface area contributed by atoms with E-state index in [0.29, 0.717) is 5.75 Å². The molecule has 7 heteroatoms. The standard InChI is InChI=1S/C12H9F3N2O2/c1-17-6-10(5-16-17)19-9-3-2-8(7-18)11(4-9)12(13,14)15/h2-7H,1H3. The van der Waals surface area contributed by atoms with Gasteiger partial charge in [0.2, 0.25) is 0 Å². The molecule has 0 spiro atoms. The zero-order valence-electron chi connectivity index (χ0n) is 9.81. The Hall–Kier alpha value is -2.31. The van der Waals surface area contributed by atoms with Gasteiger partial charge in [-0.1, -0.05) is 0 Å². The zero-order valence-corrected chi connectivity index (χ0v) is 9.81. The monoisotopic (exact) mass is 270 g/mol. The van der Waals surface area contributed by atoms with Gasteiger partial charge < -0.3 is 4.74 Å². The van der Waals surface area contributed by atoms with E-state index in [9.17, 15) is 18.0 Å². The van der Waals surface area contributed by atoms with Crippen molar-refractivity contribution in [3.63, 3.8) is 0 Å². The molecule has 100 valence electrons. The lowest BCUT2D eigenvalue weighted by Gasteiger charge is -2.11. The molecular formula is C12H9F3N2O2. The number of rotatable bonds is 3. The van der Waals surface area contributed by atoms with Crippen LogP contribution in [0.5, 0.6) is 11.5 Å². The second kappa shape index (κ2) is 4.75. The van der Waals surface area contributed by atoms with Crippen LogP contribution in [0.4, 0.5) is 13.2 Å². The van der Waals surface area contributed by atoms with Gasteiger partial charge in [-0.05, 0) is 18.2 Å². The Labute approximate surface area is 106 Å². The molecule has 2 aromatic rings. The van der Waals surface area contributed by atoms with Crippen molar-refractivity contribution in [2.75, 3.05) is 0 Å². The second-order valence-electron chi connectivity index (χ2n) is 3.82. The maximum Gasteiger partial charge on any atom is 0.417 e. The van der Waals surface area contributed by atoms with Crippen LogP contribution in [0.1, 0.15) is 15.9 Å². The maximum atomic E-state index is 12.7. The van der Waals surface area contributed by atoms with E-state index in [1.165, 1.54) is 23.1 Å². The summed E-state index contributed by atoms with van der Waals surface area (Å²) in [6.45, 7) is 0. The normalized spacial score (nSPS) is 11.4. The van der Waals surface area contributed by atoms with Gasteiger partial charge in [-0.2, -0.15) is 18.3 Å². The molecular weight excluding hydrogens is 261 g/mol. The molecule has 2 rings (SSSR count). The summed E-state index contributed by atoms with van der Waals surface area (Å²) < 4.78 is 44.9. The molecule has 0 atom stereocenters. The molecule has 0 aliphatic rings. The molecule has 19 heavy (non-hydrogen) atoms. The molecule has 0 N–H and O–H groups in total. The fraction of sp³-hybridized carbons (Fsp3) is 0.167. The van der Waals surface area contributed by atoms with Crippen molar-refractivity contribution in [2.24, 2.45) is 7.05 Å². The summed E-state index contributed by atoms with van der Waals surface area (Å²) in [5, 5.41) is 3.83. The molecule has 0 saturated heterocycles. The third kappa shape index (κ3) is 2.93. The first-order chi connectivity index (χ1) is 8.90. The molecule has 0 bridgehead atoms. The highest BCUT2D eigenvalue weighted by atomic mass is 19.4. The largest absolute Gasteiger partial charge is 0.454 e. The Bertz CT molecular complexity index is 605. The third-order valence-corrected chi connectivity index (χ3v) is 2.37. The Morgan fingerprint density at radius 2 is 2.05 bits per heavy atom. The van der Waals surface area contributed by atoms with Crippen molar-refractivity contribution in [1.82, 2.24) is 9.78 Å². The lowest BCUT2D eigenvalue weighted by atomic mass is 10.1. The first kappa shape index (κ1) is 13.1. The molecule has 4 nitrogen and oxygen atoms in total. The van der Waals surface area contributed by atoms with E-state index in [1.807, 2.05) is 0 Å². The molecule has 0 radical (unpaired) electrons. The predicted octanol–water partition coefficient (Wildman–Crippen LogP) is 3.04. The number of carbonyl (C=O) groups excluding carboxylic acids is 1.